The van der Waals surface area contributed by atoms with Crippen molar-refractivity contribution in [3.8, 4) is 0 Å². The van der Waals surface area contributed by atoms with E-state index in [9.17, 15) is 19.0 Å². The number of nitrogens with zero attached hydrogens (tertiary/aromatic N) is 1. The molecule has 0 aliphatic rings. The molecule has 0 aliphatic heterocycles. The molecular weight excluding hydrogens is 990 g/mol. The zero-order valence-corrected chi connectivity index (χ0v) is 52.3. The van der Waals surface area contributed by atoms with E-state index in [1.807, 2.05) is 21.1 Å². The van der Waals surface area contributed by atoms with E-state index in [-0.39, 0.29) is 32.0 Å². The lowest BCUT2D eigenvalue weighted by Crippen LogP contribution is -2.37. The van der Waals surface area contributed by atoms with Gasteiger partial charge >= 0.3 is 19.8 Å². The van der Waals surface area contributed by atoms with E-state index in [1.54, 1.807) is 0 Å². The molecule has 452 valence electrons. The molecule has 78 heavy (non-hydrogen) atoms. The predicted octanol–water partition coefficient (Wildman–Crippen LogP) is 20.6. The van der Waals surface area contributed by atoms with Crippen LogP contribution < -0.4 is 0 Å². The molecule has 10 heteroatoms. The van der Waals surface area contributed by atoms with Crippen molar-refractivity contribution < 1.29 is 42.1 Å². The Labute approximate surface area is 481 Å². The molecule has 0 rings (SSSR count). The molecule has 0 amide bonds. The Morgan fingerprint density at radius 1 is 0.397 bits per heavy atom. The van der Waals surface area contributed by atoms with Crippen LogP contribution in [-0.4, -0.2) is 74.9 Å². The highest BCUT2D eigenvalue weighted by molar-refractivity contribution is 7.47. The van der Waals surface area contributed by atoms with Crippen molar-refractivity contribution in [2.45, 2.75) is 290 Å². The summed E-state index contributed by atoms with van der Waals surface area (Å²) in [5.41, 5.74) is 0. The number of hydrogen-bond donors (Lipinski definition) is 1. The molecule has 0 aromatic heterocycles. The first-order chi connectivity index (χ1) is 38.0. The third kappa shape index (κ3) is 62.4. The number of quaternary nitrogens is 1. The summed E-state index contributed by atoms with van der Waals surface area (Å²) in [6.07, 6.45) is 79.9. The van der Waals surface area contributed by atoms with Crippen LogP contribution in [0.2, 0.25) is 0 Å². The molecule has 0 aliphatic carbocycles. The van der Waals surface area contributed by atoms with Crippen molar-refractivity contribution in [2.75, 3.05) is 47.5 Å². The number of unbranched alkanes of at least 4 members (excludes halogenated alkanes) is 31. The number of carbonyl (C=O) groups excluding carboxylic acids is 2. The monoisotopic (exact) mass is 1110 g/mol. The molecule has 2 atom stereocenters. The van der Waals surface area contributed by atoms with E-state index < -0.39 is 26.5 Å². The normalized spacial score (nSPS) is 13.8. The summed E-state index contributed by atoms with van der Waals surface area (Å²) in [5.74, 6) is -0.810. The van der Waals surface area contributed by atoms with Gasteiger partial charge in [-0.25, -0.2) is 4.57 Å². The van der Waals surface area contributed by atoms with Crippen LogP contribution in [0, 0.1) is 0 Å². The van der Waals surface area contributed by atoms with Gasteiger partial charge in [0, 0.05) is 12.8 Å². The maximum absolute atomic E-state index is 12.8. The lowest BCUT2D eigenvalue weighted by Gasteiger charge is -2.24. The fourth-order valence-electron chi connectivity index (χ4n) is 9.02. The Hall–Kier alpha value is -2.81. The molecule has 0 saturated heterocycles. The molecular formula is C68H123NO8P+. The third-order valence-corrected chi connectivity index (χ3v) is 14.9. The smallest absolute Gasteiger partial charge is 0.462 e. The second-order valence-electron chi connectivity index (χ2n) is 22.7. The number of likely N-dealkylation sites (N-methyl/N-ethyl adjacent to an activating group) is 1. The maximum atomic E-state index is 12.8. The van der Waals surface area contributed by atoms with Gasteiger partial charge in [0.2, 0.25) is 0 Å². The summed E-state index contributed by atoms with van der Waals surface area (Å²) in [4.78, 5) is 35.7. The van der Waals surface area contributed by atoms with Crippen LogP contribution >= 0.6 is 7.82 Å². The summed E-state index contributed by atoms with van der Waals surface area (Å²) in [7, 11) is 1.47. The van der Waals surface area contributed by atoms with Crippen molar-refractivity contribution in [2.24, 2.45) is 0 Å². The van der Waals surface area contributed by atoms with Gasteiger partial charge in [-0.05, 0) is 83.5 Å². The van der Waals surface area contributed by atoms with Crippen LogP contribution in [0.15, 0.2) is 85.1 Å². The molecule has 0 spiro atoms. The quantitative estimate of drug-likeness (QED) is 0.0211. The number of phosphoric acid groups is 1. The number of hydrogen-bond acceptors (Lipinski definition) is 7. The summed E-state index contributed by atoms with van der Waals surface area (Å²) in [6, 6.07) is 0. The van der Waals surface area contributed by atoms with Crippen LogP contribution in [0.25, 0.3) is 0 Å². The molecule has 1 N–H and O–H groups in total. The summed E-state index contributed by atoms with van der Waals surface area (Å²) in [5, 5.41) is 0. The summed E-state index contributed by atoms with van der Waals surface area (Å²) in [6.45, 7) is 4.21. The first-order valence-electron chi connectivity index (χ1n) is 32.3. The molecule has 0 fully saturated rings. The highest BCUT2D eigenvalue weighted by Gasteiger charge is 2.27. The average Bonchev–Trinajstić information content (AvgIpc) is 3.41. The fourth-order valence-corrected chi connectivity index (χ4v) is 9.77. The number of carbonyl (C=O) groups is 2. The van der Waals surface area contributed by atoms with Crippen molar-refractivity contribution in [1.29, 1.82) is 0 Å². The van der Waals surface area contributed by atoms with Crippen molar-refractivity contribution in [3.05, 3.63) is 85.1 Å². The highest BCUT2D eigenvalue weighted by atomic mass is 31.2. The van der Waals surface area contributed by atoms with Gasteiger partial charge in [-0.1, -0.05) is 272 Å². The minimum absolute atomic E-state index is 0.0277. The van der Waals surface area contributed by atoms with Gasteiger partial charge in [0.1, 0.15) is 19.8 Å². The maximum Gasteiger partial charge on any atom is 0.472 e. The number of phosphoric ester groups is 1. The summed E-state index contributed by atoms with van der Waals surface area (Å²) >= 11 is 0. The number of rotatable bonds is 59. The first kappa shape index (κ1) is 75.2. The minimum Gasteiger partial charge on any atom is -0.462 e. The fraction of sp³-hybridized carbons (Fsp3) is 0.765. The van der Waals surface area contributed by atoms with E-state index in [0.29, 0.717) is 17.4 Å². The van der Waals surface area contributed by atoms with E-state index in [1.165, 1.54) is 154 Å². The second kappa shape index (κ2) is 58.8. The number of allylic oxidation sites excluding steroid dienone is 14. The second-order valence-corrected chi connectivity index (χ2v) is 24.2. The molecule has 0 heterocycles. The van der Waals surface area contributed by atoms with Crippen molar-refractivity contribution in [1.82, 2.24) is 0 Å². The molecule has 0 aromatic carbocycles. The van der Waals surface area contributed by atoms with Crippen LogP contribution in [0.4, 0.5) is 0 Å². The standard InChI is InChI=1S/C68H122NO8P/c1-6-8-10-12-14-16-18-20-22-23-24-25-26-27-28-29-30-31-32-33-34-35-36-37-38-39-40-41-42-43-44-45-47-49-51-53-55-57-59-61-68(71)77-66(65-76-78(72,73)75-63-62-69(3,4)5)64-74-67(70)60-58-56-54-52-50-48-46-21-19-17-15-13-11-9-7-2/h8-11,14-17,20-22,24-25,46,66H,6-7,12-13,18-19,23,26-45,47-65H2,1-5H3/p+1/b10-8-,11-9-,16-14-,17-15-,22-20-,25-24-,46-21-. The van der Waals surface area contributed by atoms with Gasteiger partial charge in [0.05, 0.1) is 27.7 Å². The SMILES string of the molecule is CC/C=C\C/C=C\C/C=C\C/C=C\CCCCCCCCCCCCCCCCCCCCCCCCCCCCC(=O)OC(COC(=O)CCCCCCC/C=C\C/C=C\C/C=C\CC)COP(=O)(O)OCC[N+](C)(C)C. The van der Waals surface area contributed by atoms with Gasteiger partial charge in [0.25, 0.3) is 0 Å². The Kier molecular flexibility index (Phi) is 56.7. The van der Waals surface area contributed by atoms with Crippen LogP contribution in [0.1, 0.15) is 284 Å². The Balaban J connectivity index is 3.91. The average molecular weight is 1110 g/mol. The Morgan fingerprint density at radius 2 is 0.692 bits per heavy atom. The van der Waals surface area contributed by atoms with E-state index in [2.05, 4.69) is 98.9 Å². The summed E-state index contributed by atoms with van der Waals surface area (Å²) < 4.78 is 34.6. The topological polar surface area (TPSA) is 108 Å². The van der Waals surface area contributed by atoms with Crippen LogP contribution in [0.3, 0.4) is 0 Å². The van der Waals surface area contributed by atoms with Crippen LogP contribution in [0.5, 0.6) is 0 Å². The molecule has 9 nitrogen and oxygen atoms in total. The number of esters is 2. The lowest BCUT2D eigenvalue weighted by molar-refractivity contribution is -0.870. The molecule has 2 unspecified atom stereocenters. The largest absolute Gasteiger partial charge is 0.472 e. The van der Waals surface area contributed by atoms with Crippen molar-refractivity contribution in [3.63, 3.8) is 0 Å². The van der Waals surface area contributed by atoms with Crippen LogP contribution in [-0.2, 0) is 32.7 Å². The van der Waals surface area contributed by atoms with Crippen molar-refractivity contribution >= 4 is 19.8 Å². The van der Waals surface area contributed by atoms with Gasteiger partial charge in [-0.15, -0.1) is 0 Å². The molecule has 0 aromatic rings. The predicted molar refractivity (Wildman–Crippen MR) is 335 cm³/mol. The molecule has 0 saturated carbocycles. The molecule has 0 bridgehead atoms. The highest BCUT2D eigenvalue weighted by Crippen LogP contribution is 2.43. The van der Waals surface area contributed by atoms with E-state index in [4.69, 9.17) is 18.5 Å². The zero-order chi connectivity index (χ0) is 57.0. The van der Waals surface area contributed by atoms with Gasteiger partial charge in [-0.3, -0.25) is 18.6 Å². The van der Waals surface area contributed by atoms with E-state index >= 15 is 0 Å². The first-order valence-corrected chi connectivity index (χ1v) is 33.8. The lowest BCUT2D eigenvalue weighted by atomic mass is 10.0. The minimum atomic E-state index is -4.39. The van der Waals surface area contributed by atoms with Gasteiger partial charge in [-0.2, -0.15) is 0 Å². The molecule has 0 radical (unpaired) electrons. The van der Waals surface area contributed by atoms with Gasteiger partial charge < -0.3 is 18.9 Å². The number of ether oxygens (including phenoxy) is 2. The zero-order valence-electron chi connectivity index (χ0n) is 51.4. The Bertz CT molecular complexity index is 1590. The van der Waals surface area contributed by atoms with Gasteiger partial charge in [0.15, 0.2) is 6.10 Å². The van der Waals surface area contributed by atoms with E-state index in [0.717, 1.165) is 96.3 Å². The Morgan fingerprint density at radius 3 is 1.03 bits per heavy atom. The third-order valence-electron chi connectivity index (χ3n) is 13.9.